The lowest BCUT2D eigenvalue weighted by atomic mass is 10.1. The van der Waals surface area contributed by atoms with E-state index in [1.165, 1.54) is 18.3 Å². The van der Waals surface area contributed by atoms with E-state index in [2.05, 4.69) is 10.3 Å². The Morgan fingerprint density at radius 3 is 2.38 bits per heavy atom. The number of rotatable bonds is 6. The van der Waals surface area contributed by atoms with Crippen LogP contribution in [0.1, 0.15) is 22.2 Å². The maximum Gasteiger partial charge on any atom is 0.230 e. The van der Waals surface area contributed by atoms with Crippen LogP contribution < -0.4 is 5.32 Å². The Morgan fingerprint density at radius 1 is 1.08 bits per heavy atom. The topological polar surface area (TPSA) is 59.1 Å². The van der Waals surface area contributed by atoms with Crippen LogP contribution in [0.15, 0.2) is 59.5 Å². The normalized spacial score (nSPS) is 10.5. The van der Waals surface area contributed by atoms with Crippen LogP contribution in [0.5, 0.6) is 0 Å². The molecule has 0 saturated carbocycles. The number of nitrogens with one attached hydrogen (secondary N) is 1. The van der Waals surface area contributed by atoms with Crippen molar-refractivity contribution in [3.63, 3.8) is 0 Å². The molecule has 4 nitrogen and oxygen atoms in total. The Morgan fingerprint density at radius 2 is 1.77 bits per heavy atom. The number of ketones is 1. The summed E-state index contributed by atoms with van der Waals surface area (Å²) in [6.07, 6.45) is 2.28. The lowest BCUT2D eigenvalue weighted by molar-refractivity contribution is -0.115. The first-order valence-electron chi connectivity index (χ1n) is 8.07. The van der Waals surface area contributed by atoms with Gasteiger partial charge in [0.2, 0.25) is 5.91 Å². The average molecular weight is 383 g/mol. The minimum atomic E-state index is -0.148. The molecular weight excluding hydrogens is 364 g/mol. The van der Waals surface area contributed by atoms with E-state index in [0.29, 0.717) is 15.7 Å². The number of amides is 1. The quantitative estimate of drug-likeness (QED) is 0.486. The second kappa shape index (κ2) is 8.29. The van der Waals surface area contributed by atoms with Crippen molar-refractivity contribution in [1.82, 2.24) is 4.98 Å². The molecule has 6 heteroatoms. The molecule has 0 fully saturated rings. The predicted octanol–water partition coefficient (Wildman–Crippen LogP) is 4.92. The Labute approximate surface area is 160 Å². The van der Waals surface area contributed by atoms with E-state index < -0.39 is 0 Å². The van der Waals surface area contributed by atoms with Crippen LogP contribution in [0.2, 0.25) is 0 Å². The molecule has 0 spiro atoms. The van der Waals surface area contributed by atoms with Crippen molar-refractivity contribution in [3.05, 3.63) is 65.0 Å². The molecule has 1 amide bonds. The first-order chi connectivity index (χ1) is 12.6. The van der Waals surface area contributed by atoms with E-state index in [1.807, 2.05) is 60.9 Å². The number of aromatic nitrogens is 1. The van der Waals surface area contributed by atoms with Gasteiger partial charge in [0, 0.05) is 17.4 Å². The molecule has 132 valence electrons. The standard InChI is InChI=1S/C20H18N2O2S2/c1-13(23)19-18(15-6-4-3-5-7-15)22-20(26-19)21-17(24)12-14-8-10-16(25-2)11-9-14/h3-11H,12H2,1-2H3,(H,21,22,24). The van der Waals surface area contributed by atoms with Crippen LogP contribution >= 0.6 is 23.1 Å². The highest BCUT2D eigenvalue weighted by Gasteiger charge is 2.17. The highest BCUT2D eigenvalue weighted by atomic mass is 32.2. The van der Waals surface area contributed by atoms with E-state index in [9.17, 15) is 9.59 Å². The number of thiazole rings is 1. The third-order valence-corrected chi connectivity index (χ3v) is 5.58. The average Bonchev–Trinajstić information content (AvgIpc) is 3.07. The highest BCUT2D eigenvalue weighted by molar-refractivity contribution is 7.98. The fourth-order valence-electron chi connectivity index (χ4n) is 2.50. The summed E-state index contributed by atoms with van der Waals surface area (Å²) < 4.78 is 0. The molecule has 1 heterocycles. The number of carbonyl (C=O) groups is 2. The van der Waals surface area contributed by atoms with Crippen molar-refractivity contribution in [2.24, 2.45) is 0 Å². The van der Waals surface area contributed by atoms with Crippen molar-refractivity contribution in [3.8, 4) is 11.3 Å². The molecule has 26 heavy (non-hydrogen) atoms. The van der Waals surface area contributed by atoms with Crippen molar-refractivity contribution >= 4 is 39.9 Å². The number of hydrogen-bond donors (Lipinski definition) is 1. The first kappa shape index (κ1) is 18.4. The highest BCUT2D eigenvalue weighted by Crippen LogP contribution is 2.31. The molecule has 1 aromatic heterocycles. The summed E-state index contributed by atoms with van der Waals surface area (Å²) in [7, 11) is 0. The number of benzene rings is 2. The van der Waals surface area contributed by atoms with E-state index in [-0.39, 0.29) is 18.1 Å². The van der Waals surface area contributed by atoms with Gasteiger partial charge in [0.05, 0.1) is 17.0 Å². The second-order valence-electron chi connectivity index (χ2n) is 5.69. The molecule has 0 radical (unpaired) electrons. The summed E-state index contributed by atoms with van der Waals surface area (Å²) in [6, 6.07) is 17.4. The monoisotopic (exact) mass is 382 g/mol. The molecule has 0 bridgehead atoms. The summed E-state index contributed by atoms with van der Waals surface area (Å²) in [5, 5.41) is 3.26. The zero-order valence-electron chi connectivity index (χ0n) is 14.5. The minimum Gasteiger partial charge on any atom is -0.302 e. The molecule has 0 atom stereocenters. The largest absolute Gasteiger partial charge is 0.302 e. The fraction of sp³-hybridized carbons (Fsp3) is 0.150. The lowest BCUT2D eigenvalue weighted by Gasteiger charge is -2.03. The number of Topliss-reactive ketones (excluding diaryl/α,β-unsaturated/α-hetero) is 1. The van der Waals surface area contributed by atoms with E-state index in [1.54, 1.807) is 11.8 Å². The van der Waals surface area contributed by atoms with Gasteiger partial charge in [-0.25, -0.2) is 4.98 Å². The van der Waals surface area contributed by atoms with Gasteiger partial charge in [-0.2, -0.15) is 0 Å². The van der Waals surface area contributed by atoms with Crippen LogP contribution in [-0.4, -0.2) is 22.9 Å². The first-order valence-corrected chi connectivity index (χ1v) is 10.1. The summed E-state index contributed by atoms with van der Waals surface area (Å²) >= 11 is 2.87. The second-order valence-corrected chi connectivity index (χ2v) is 7.57. The zero-order valence-corrected chi connectivity index (χ0v) is 16.1. The number of anilines is 1. The fourth-order valence-corrected chi connectivity index (χ4v) is 3.80. The van der Waals surface area contributed by atoms with Crippen molar-refractivity contribution in [2.75, 3.05) is 11.6 Å². The minimum absolute atomic E-state index is 0.0606. The van der Waals surface area contributed by atoms with Gasteiger partial charge in [-0.3, -0.25) is 9.59 Å². The Balaban J connectivity index is 1.77. The third-order valence-electron chi connectivity index (χ3n) is 3.76. The molecule has 0 aliphatic heterocycles. The molecule has 2 aromatic carbocycles. The maximum atomic E-state index is 12.3. The molecule has 3 aromatic rings. The van der Waals surface area contributed by atoms with E-state index >= 15 is 0 Å². The summed E-state index contributed by atoms with van der Waals surface area (Å²) in [4.78, 5) is 30.5. The van der Waals surface area contributed by atoms with Gasteiger partial charge in [-0.15, -0.1) is 11.8 Å². The molecule has 1 N–H and O–H groups in total. The van der Waals surface area contributed by atoms with E-state index in [4.69, 9.17) is 0 Å². The molecule has 0 aliphatic carbocycles. The van der Waals surface area contributed by atoms with Crippen LogP contribution in [0, 0.1) is 0 Å². The van der Waals surface area contributed by atoms with Gasteiger partial charge >= 0.3 is 0 Å². The van der Waals surface area contributed by atoms with Crippen LogP contribution in [0.4, 0.5) is 5.13 Å². The Hall–Kier alpha value is -2.44. The predicted molar refractivity (Wildman–Crippen MR) is 108 cm³/mol. The zero-order chi connectivity index (χ0) is 18.5. The Kier molecular flexibility index (Phi) is 5.85. The van der Waals surface area contributed by atoms with Crippen LogP contribution in [0.25, 0.3) is 11.3 Å². The van der Waals surface area contributed by atoms with Crippen LogP contribution in [-0.2, 0) is 11.2 Å². The molecule has 0 aliphatic rings. The van der Waals surface area contributed by atoms with Gasteiger partial charge in [0.25, 0.3) is 0 Å². The molecular formula is C20H18N2O2S2. The Bertz CT molecular complexity index is 919. The van der Waals surface area contributed by atoms with Crippen molar-refractivity contribution < 1.29 is 9.59 Å². The van der Waals surface area contributed by atoms with Gasteiger partial charge in [-0.05, 0) is 24.0 Å². The number of carbonyl (C=O) groups excluding carboxylic acids is 2. The van der Waals surface area contributed by atoms with E-state index in [0.717, 1.165) is 16.0 Å². The molecule has 0 saturated heterocycles. The molecule has 0 unspecified atom stereocenters. The van der Waals surface area contributed by atoms with Gasteiger partial charge < -0.3 is 5.32 Å². The van der Waals surface area contributed by atoms with Crippen LogP contribution in [0.3, 0.4) is 0 Å². The van der Waals surface area contributed by atoms with Gasteiger partial charge in [-0.1, -0.05) is 53.8 Å². The summed E-state index contributed by atoms with van der Waals surface area (Å²) in [5.41, 5.74) is 2.41. The SMILES string of the molecule is CSc1ccc(CC(=O)Nc2nc(-c3ccccc3)c(C(C)=O)s2)cc1. The number of thioether (sulfide) groups is 1. The van der Waals surface area contributed by atoms with Gasteiger partial charge in [0.15, 0.2) is 10.9 Å². The maximum absolute atomic E-state index is 12.3. The lowest BCUT2D eigenvalue weighted by Crippen LogP contribution is -2.14. The van der Waals surface area contributed by atoms with Crippen molar-refractivity contribution in [2.45, 2.75) is 18.2 Å². The summed E-state index contributed by atoms with van der Waals surface area (Å²) in [6.45, 7) is 1.51. The van der Waals surface area contributed by atoms with Gasteiger partial charge in [0.1, 0.15) is 0 Å². The summed E-state index contributed by atoms with van der Waals surface area (Å²) in [5.74, 6) is -0.208. The smallest absolute Gasteiger partial charge is 0.230 e. The molecule has 3 rings (SSSR count). The van der Waals surface area contributed by atoms with Crippen molar-refractivity contribution in [1.29, 1.82) is 0 Å². The third kappa shape index (κ3) is 4.39. The number of nitrogens with zero attached hydrogens (tertiary/aromatic N) is 1. The number of hydrogen-bond acceptors (Lipinski definition) is 5.